The molecular formula is C16H14FNO. The standard InChI is InChI=1S/C16H14FNO/c17-16-13-7-9-15(19)12(13)6-8-14(16)18-10-11-4-2-1-3-5-11/h1-6,8,18H,7,9-10H2. The van der Waals surface area contributed by atoms with Crippen molar-refractivity contribution in [1.29, 1.82) is 0 Å². The Hall–Kier alpha value is -2.16. The molecule has 0 bridgehead atoms. The minimum Gasteiger partial charge on any atom is -0.379 e. The first-order chi connectivity index (χ1) is 9.25. The largest absolute Gasteiger partial charge is 0.379 e. The summed E-state index contributed by atoms with van der Waals surface area (Å²) in [6.07, 6.45) is 0.940. The zero-order valence-electron chi connectivity index (χ0n) is 10.4. The molecule has 0 amide bonds. The normalized spacial score (nSPS) is 13.4. The number of hydrogen-bond acceptors (Lipinski definition) is 2. The van der Waals surface area contributed by atoms with Crippen LogP contribution in [0.2, 0.25) is 0 Å². The highest BCUT2D eigenvalue weighted by molar-refractivity contribution is 6.00. The van der Waals surface area contributed by atoms with Crippen LogP contribution < -0.4 is 5.32 Å². The molecule has 0 fully saturated rings. The lowest BCUT2D eigenvalue weighted by atomic mass is 10.1. The number of benzene rings is 2. The van der Waals surface area contributed by atoms with Crippen molar-refractivity contribution in [2.75, 3.05) is 5.32 Å². The Balaban J connectivity index is 1.81. The summed E-state index contributed by atoms with van der Waals surface area (Å²) in [7, 11) is 0. The van der Waals surface area contributed by atoms with E-state index in [0.717, 1.165) is 5.56 Å². The maximum Gasteiger partial charge on any atom is 0.163 e. The van der Waals surface area contributed by atoms with Crippen LogP contribution >= 0.6 is 0 Å². The molecule has 0 saturated carbocycles. The molecule has 0 spiro atoms. The van der Waals surface area contributed by atoms with Gasteiger partial charge in [0.2, 0.25) is 0 Å². The number of nitrogens with one attached hydrogen (secondary N) is 1. The van der Waals surface area contributed by atoms with E-state index < -0.39 is 0 Å². The van der Waals surface area contributed by atoms with E-state index in [-0.39, 0.29) is 11.6 Å². The first-order valence-corrected chi connectivity index (χ1v) is 6.38. The Morgan fingerprint density at radius 3 is 2.63 bits per heavy atom. The van der Waals surface area contributed by atoms with Gasteiger partial charge in [0.05, 0.1) is 5.69 Å². The molecule has 1 N–H and O–H groups in total. The Morgan fingerprint density at radius 1 is 1.05 bits per heavy atom. The van der Waals surface area contributed by atoms with Crippen LogP contribution in [0.1, 0.15) is 27.9 Å². The molecule has 0 aliphatic heterocycles. The van der Waals surface area contributed by atoms with Gasteiger partial charge in [0, 0.05) is 24.1 Å². The van der Waals surface area contributed by atoms with Gasteiger partial charge in [-0.2, -0.15) is 0 Å². The van der Waals surface area contributed by atoms with Gasteiger partial charge in [-0.3, -0.25) is 4.79 Å². The van der Waals surface area contributed by atoms with Crippen LogP contribution in [0.5, 0.6) is 0 Å². The number of hydrogen-bond donors (Lipinski definition) is 1. The number of carbonyl (C=O) groups is 1. The van der Waals surface area contributed by atoms with Gasteiger partial charge in [0.25, 0.3) is 0 Å². The van der Waals surface area contributed by atoms with Gasteiger partial charge in [-0.25, -0.2) is 4.39 Å². The lowest BCUT2D eigenvalue weighted by Gasteiger charge is -2.10. The van der Waals surface area contributed by atoms with Crippen molar-refractivity contribution in [2.45, 2.75) is 19.4 Å². The van der Waals surface area contributed by atoms with Crippen LogP contribution in [0.15, 0.2) is 42.5 Å². The van der Waals surface area contributed by atoms with Crippen LogP contribution in [0, 0.1) is 5.82 Å². The summed E-state index contributed by atoms with van der Waals surface area (Å²) in [5.74, 6) is -0.234. The summed E-state index contributed by atoms with van der Waals surface area (Å²) in [6, 6.07) is 13.2. The topological polar surface area (TPSA) is 29.1 Å². The molecule has 1 aliphatic carbocycles. The van der Waals surface area contributed by atoms with Crippen LogP contribution in [-0.2, 0) is 13.0 Å². The highest BCUT2D eigenvalue weighted by atomic mass is 19.1. The molecule has 0 aromatic heterocycles. The molecule has 19 heavy (non-hydrogen) atoms. The third-order valence-electron chi connectivity index (χ3n) is 3.47. The number of Topliss-reactive ketones (excluding diaryl/α,β-unsaturated/α-hetero) is 1. The lowest BCUT2D eigenvalue weighted by Crippen LogP contribution is -2.04. The van der Waals surface area contributed by atoms with Gasteiger partial charge in [-0.15, -0.1) is 0 Å². The van der Waals surface area contributed by atoms with E-state index in [4.69, 9.17) is 0 Å². The minimum absolute atomic E-state index is 0.0449. The molecule has 0 saturated heterocycles. The SMILES string of the molecule is O=C1CCc2c1ccc(NCc1ccccc1)c2F. The van der Waals surface area contributed by atoms with E-state index in [1.165, 1.54) is 0 Å². The highest BCUT2D eigenvalue weighted by Crippen LogP contribution is 2.29. The zero-order chi connectivity index (χ0) is 13.2. The van der Waals surface area contributed by atoms with Crippen LogP contribution in [-0.4, -0.2) is 5.78 Å². The second kappa shape index (κ2) is 4.84. The second-order valence-electron chi connectivity index (χ2n) is 4.72. The summed E-state index contributed by atoms with van der Waals surface area (Å²) in [5.41, 5.74) is 2.67. The third-order valence-corrected chi connectivity index (χ3v) is 3.47. The molecule has 0 unspecified atom stereocenters. The minimum atomic E-state index is -0.278. The Morgan fingerprint density at radius 2 is 1.84 bits per heavy atom. The summed E-state index contributed by atoms with van der Waals surface area (Å²) in [6.45, 7) is 0.574. The van der Waals surface area contributed by atoms with Crippen molar-refractivity contribution in [3.63, 3.8) is 0 Å². The molecule has 1 aliphatic rings. The van der Waals surface area contributed by atoms with Crippen molar-refractivity contribution in [2.24, 2.45) is 0 Å². The zero-order valence-corrected chi connectivity index (χ0v) is 10.4. The van der Waals surface area contributed by atoms with Crippen molar-refractivity contribution in [1.82, 2.24) is 0 Å². The smallest absolute Gasteiger partial charge is 0.163 e. The Bertz CT molecular complexity index is 622. The summed E-state index contributed by atoms with van der Waals surface area (Å²) in [4.78, 5) is 11.5. The average molecular weight is 255 g/mol. The fourth-order valence-corrected chi connectivity index (χ4v) is 2.43. The van der Waals surface area contributed by atoms with Gasteiger partial charge >= 0.3 is 0 Å². The molecule has 2 aromatic carbocycles. The maximum absolute atomic E-state index is 14.2. The van der Waals surface area contributed by atoms with Crippen LogP contribution in [0.3, 0.4) is 0 Å². The molecule has 2 nitrogen and oxygen atoms in total. The molecule has 0 atom stereocenters. The first kappa shape index (κ1) is 11.9. The average Bonchev–Trinajstić information content (AvgIpc) is 2.82. The molecular weight excluding hydrogens is 241 g/mol. The molecule has 3 rings (SSSR count). The van der Waals surface area contributed by atoms with Gasteiger partial charge in [-0.1, -0.05) is 30.3 Å². The van der Waals surface area contributed by atoms with Gasteiger partial charge in [0.1, 0.15) is 5.82 Å². The second-order valence-corrected chi connectivity index (χ2v) is 4.72. The van der Waals surface area contributed by atoms with E-state index >= 15 is 0 Å². The fraction of sp³-hybridized carbons (Fsp3) is 0.188. The van der Waals surface area contributed by atoms with E-state index in [1.54, 1.807) is 12.1 Å². The summed E-state index contributed by atoms with van der Waals surface area (Å²) in [5, 5.41) is 3.09. The van der Waals surface area contributed by atoms with E-state index in [2.05, 4.69) is 5.32 Å². The maximum atomic E-state index is 14.2. The predicted molar refractivity (Wildman–Crippen MR) is 72.8 cm³/mol. The van der Waals surface area contributed by atoms with E-state index in [1.807, 2.05) is 30.3 Å². The number of rotatable bonds is 3. The number of fused-ring (bicyclic) bond motifs is 1. The van der Waals surface area contributed by atoms with Crippen molar-refractivity contribution in [3.05, 3.63) is 65.0 Å². The Labute approximate surface area is 111 Å². The Kier molecular flexibility index (Phi) is 3.03. The van der Waals surface area contributed by atoms with Crippen LogP contribution in [0.25, 0.3) is 0 Å². The third kappa shape index (κ3) is 2.24. The van der Waals surface area contributed by atoms with Gasteiger partial charge in [0.15, 0.2) is 5.78 Å². The number of carbonyl (C=O) groups excluding carboxylic acids is 1. The fourth-order valence-electron chi connectivity index (χ4n) is 2.43. The van der Waals surface area contributed by atoms with Crippen molar-refractivity contribution < 1.29 is 9.18 Å². The molecule has 0 heterocycles. The molecule has 96 valence electrons. The summed E-state index contributed by atoms with van der Waals surface area (Å²) >= 11 is 0. The lowest BCUT2D eigenvalue weighted by molar-refractivity contribution is 0.0994. The van der Waals surface area contributed by atoms with Crippen molar-refractivity contribution in [3.8, 4) is 0 Å². The predicted octanol–water partition coefficient (Wildman–Crippen LogP) is 3.57. The number of ketones is 1. The van der Waals surface area contributed by atoms with Gasteiger partial charge < -0.3 is 5.32 Å². The van der Waals surface area contributed by atoms with Gasteiger partial charge in [-0.05, 0) is 24.1 Å². The monoisotopic (exact) mass is 255 g/mol. The first-order valence-electron chi connectivity index (χ1n) is 6.38. The van der Waals surface area contributed by atoms with E-state index in [0.29, 0.717) is 36.2 Å². The number of anilines is 1. The van der Waals surface area contributed by atoms with Crippen molar-refractivity contribution >= 4 is 11.5 Å². The molecule has 2 aromatic rings. The molecule has 3 heteroatoms. The summed E-state index contributed by atoms with van der Waals surface area (Å²) < 4.78 is 14.2. The number of halogens is 1. The quantitative estimate of drug-likeness (QED) is 0.908. The molecule has 0 radical (unpaired) electrons. The van der Waals surface area contributed by atoms with E-state index in [9.17, 15) is 9.18 Å². The van der Waals surface area contributed by atoms with Crippen LogP contribution in [0.4, 0.5) is 10.1 Å². The highest BCUT2D eigenvalue weighted by Gasteiger charge is 2.24.